The Balaban J connectivity index is 3.54. The molecule has 2 atom stereocenters. The van der Waals surface area contributed by atoms with Crippen LogP contribution in [0.3, 0.4) is 0 Å². The zero-order chi connectivity index (χ0) is 17.6. The second-order valence-corrected chi connectivity index (χ2v) is 5.01. The van der Waals surface area contributed by atoms with Crippen LogP contribution in [0.5, 0.6) is 17.2 Å². The minimum atomic E-state index is -1.09. The number of nitrogens with zero attached hydrogens (tertiary/aromatic N) is 1. The number of ether oxygens (including phenoxy) is 3. The van der Waals surface area contributed by atoms with Crippen LogP contribution in [-0.2, 0) is 9.59 Å². The molecule has 1 N–H and O–H groups in total. The maximum atomic E-state index is 11.7. The molecule has 0 aliphatic carbocycles. The van der Waals surface area contributed by atoms with Crippen LogP contribution in [0, 0.1) is 0 Å². The van der Waals surface area contributed by atoms with Gasteiger partial charge in [0.2, 0.25) is 6.41 Å². The summed E-state index contributed by atoms with van der Waals surface area (Å²) in [6.07, 6.45) is 0.984. The molecule has 2 unspecified atom stereocenters. The van der Waals surface area contributed by atoms with Gasteiger partial charge in [-0.2, -0.15) is 0 Å². The Morgan fingerprint density at radius 3 is 2.04 bits per heavy atom. The van der Waals surface area contributed by atoms with Crippen molar-refractivity contribution in [2.75, 3.05) is 28.4 Å². The number of likely N-dealkylation sites (N-methyl/N-ethyl adjacent to an activating group) is 1. The van der Waals surface area contributed by atoms with Gasteiger partial charge < -0.3 is 24.2 Å². The van der Waals surface area contributed by atoms with Gasteiger partial charge in [-0.3, -0.25) is 4.79 Å². The largest absolute Gasteiger partial charge is 0.496 e. The van der Waals surface area contributed by atoms with Crippen molar-refractivity contribution in [1.82, 2.24) is 4.90 Å². The lowest BCUT2D eigenvalue weighted by molar-refractivity contribution is -0.146. The first kappa shape index (κ1) is 18.6. The van der Waals surface area contributed by atoms with E-state index < -0.39 is 17.9 Å². The molecule has 0 bridgehead atoms. The molecule has 1 amide bonds. The molecule has 0 saturated carbocycles. The van der Waals surface area contributed by atoms with E-state index in [-0.39, 0.29) is 0 Å². The Morgan fingerprint density at radius 1 is 1.22 bits per heavy atom. The molecule has 0 aromatic heterocycles. The number of rotatable bonds is 9. The number of methoxy groups -OCH3 is 3. The van der Waals surface area contributed by atoms with Crippen molar-refractivity contribution in [3.05, 3.63) is 17.7 Å². The SMILES string of the molecule is CCC(c1c(OC)cc(OC)cc1OC)C(C(=O)O)N(C)C=O. The molecular weight excluding hydrogens is 302 g/mol. The van der Waals surface area contributed by atoms with Crippen molar-refractivity contribution in [2.45, 2.75) is 25.3 Å². The van der Waals surface area contributed by atoms with Crippen molar-refractivity contribution in [2.24, 2.45) is 0 Å². The molecule has 7 heteroatoms. The van der Waals surface area contributed by atoms with Gasteiger partial charge in [0.1, 0.15) is 23.3 Å². The summed E-state index contributed by atoms with van der Waals surface area (Å²) in [7, 11) is 5.94. The molecule has 23 heavy (non-hydrogen) atoms. The zero-order valence-electron chi connectivity index (χ0n) is 14.0. The molecule has 128 valence electrons. The number of carboxylic acids is 1. The van der Waals surface area contributed by atoms with Gasteiger partial charge >= 0.3 is 5.97 Å². The zero-order valence-corrected chi connectivity index (χ0v) is 14.0. The average molecular weight is 325 g/mol. The highest BCUT2D eigenvalue weighted by molar-refractivity contribution is 5.78. The molecule has 0 heterocycles. The molecular formula is C16H23NO6. The Morgan fingerprint density at radius 2 is 1.74 bits per heavy atom. The maximum Gasteiger partial charge on any atom is 0.327 e. The standard InChI is InChI=1S/C16H23NO6/c1-6-11(15(16(19)20)17(2)9-18)14-12(22-4)7-10(21-3)8-13(14)23-5/h7-9,11,15H,6H2,1-5H3,(H,19,20). The highest BCUT2D eigenvalue weighted by Crippen LogP contribution is 2.42. The van der Waals surface area contributed by atoms with E-state index in [2.05, 4.69) is 0 Å². The van der Waals surface area contributed by atoms with E-state index in [1.165, 1.54) is 28.4 Å². The Bertz CT molecular complexity index is 534. The van der Waals surface area contributed by atoms with E-state index in [0.29, 0.717) is 35.6 Å². The maximum absolute atomic E-state index is 11.7. The van der Waals surface area contributed by atoms with E-state index >= 15 is 0 Å². The second kappa shape index (κ2) is 8.26. The molecule has 1 aromatic rings. The quantitative estimate of drug-likeness (QED) is 0.696. The van der Waals surface area contributed by atoms with E-state index in [1.807, 2.05) is 6.92 Å². The third-order valence-electron chi connectivity index (χ3n) is 3.80. The molecule has 7 nitrogen and oxygen atoms in total. The van der Waals surface area contributed by atoms with Crippen molar-refractivity contribution in [3.63, 3.8) is 0 Å². The number of carbonyl (C=O) groups excluding carboxylic acids is 1. The highest BCUT2D eigenvalue weighted by atomic mass is 16.5. The van der Waals surface area contributed by atoms with Crippen LogP contribution in [0.25, 0.3) is 0 Å². The summed E-state index contributed by atoms with van der Waals surface area (Å²) in [4.78, 5) is 23.9. The summed E-state index contributed by atoms with van der Waals surface area (Å²) < 4.78 is 16.0. The van der Waals surface area contributed by atoms with Crippen LogP contribution in [0.4, 0.5) is 0 Å². The van der Waals surface area contributed by atoms with Crippen LogP contribution in [0.2, 0.25) is 0 Å². The van der Waals surface area contributed by atoms with Gasteiger partial charge in [-0.05, 0) is 6.42 Å². The van der Waals surface area contributed by atoms with Crippen LogP contribution < -0.4 is 14.2 Å². The lowest BCUT2D eigenvalue weighted by Crippen LogP contribution is -2.42. The van der Waals surface area contributed by atoms with Crippen LogP contribution in [0.1, 0.15) is 24.8 Å². The number of carbonyl (C=O) groups is 2. The van der Waals surface area contributed by atoms with E-state index in [0.717, 1.165) is 4.90 Å². The van der Waals surface area contributed by atoms with Crippen molar-refractivity contribution in [1.29, 1.82) is 0 Å². The molecule has 0 aliphatic rings. The van der Waals surface area contributed by atoms with Crippen LogP contribution >= 0.6 is 0 Å². The summed E-state index contributed by atoms with van der Waals surface area (Å²) in [6, 6.07) is 2.30. The van der Waals surface area contributed by atoms with E-state index in [1.54, 1.807) is 12.1 Å². The lowest BCUT2D eigenvalue weighted by atomic mass is 9.87. The Labute approximate surface area is 135 Å². The summed E-state index contributed by atoms with van der Waals surface area (Å²) >= 11 is 0. The first-order valence-electron chi connectivity index (χ1n) is 7.14. The monoisotopic (exact) mass is 325 g/mol. The van der Waals surface area contributed by atoms with E-state index in [4.69, 9.17) is 14.2 Å². The summed E-state index contributed by atoms with van der Waals surface area (Å²) in [6.45, 7) is 1.85. The summed E-state index contributed by atoms with van der Waals surface area (Å²) in [5, 5.41) is 9.56. The van der Waals surface area contributed by atoms with Gasteiger partial charge in [0.15, 0.2) is 0 Å². The molecule has 0 radical (unpaired) electrons. The van der Waals surface area contributed by atoms with Crippen molar-refractivity contribution >= 4 is 12.4 Å². The topological polar surface area (TPSA) is 85.3 Å². The highest BCUT2D eigenvalue weighted by Gasteiger charge is 2.35. The van der Waals surface area contributed by atoms with Gasteiger partial charge in [0, 0.05) is 30.7 Å². The Hall–Kier alpha value is -2.44. The van der Waals surface area contributed by atoms with Crippen molar-refractivity contribution in [3.8, 4) is 17.2 Å². The summed E-state index contributed by atoms with van der Waals surface area (Å²) in [5.41, 5.74) is 0.597. The third-order valence-corrected chi connectivity index (χ3v) is 3.80. The fourth-order valence-corrected chi connectivity index (χ4v) is 2.68. The Kier molecular flexibility index (Phi) is 6.68. The van der Waals surface area contributed by atoms with Crippen LogP contribution in [-0.4, -0.2) is 56.8 Å². The summed E-state index contributed by atoms with van der Waals surface area (Å²) in [5.74, 6) is -0.144. The fourth-order valence-electron chi connectivity index (χ4n) is 2.68. The van der Waals surface area contributed by atoms with Gasteiger partial charge in [-0.25, -0.2) is 4.79 Å². The first-order valence-corrected chi connectivity index (χ1v) is 7.14. The predicted octanol–water partition coefficient (Wildman–Crippen LogP) is 1.75. The average Bonchev–Trinajstić information content (AvgIpc) is 2.57. The minimum absolute atomic E-state index is 0.457. The van der Waals surface area contributed by atoms with Gasteiger partial charge in [-0.15, -0.1) is 0 Å². The first-order chi connectivity index (χ1) is 10.9. The number of hydrogen-bond acceptors (Lipinski definition) is 5. The number of amides is 1. The third kappa shape index (κ3) is 3.85. The van der Waals surface area contributed by atoms with Gasteiger partial charge in [0.05, 0.1) is 21.3 Å². The number of hydrogen-bond donors (Lipinski definition) is 1. The molecule has 1 rings (SSSR count). The van der Waals surface area contributed by atoms with Crippen molar-refractivity contribution < 1.29 is 28.9 Å². The van der Waals surface area contributed by atoms with Crippen LogP contribution in [0.15, 0.2) is 12.1 Å². The number of carboxylic acid groups (broad SMARTS) is 1. The molecule has 0 aliphatic heterocycles. The number of benzene rings is 1. The molecule has 1 aromatic carbocycles. The number of aliphatic carboxylic acids is 1. The smallest absolute Gasteiger partial charge is 0.327 e. The molecule has 0 fully saturated rings. The molecule has 0 spiro atoms. The molecule has 0 saturated heterocycles. The van der Waals surface area contributed by atoms with Gasteiger partial charge in [0.25, 0.3) is 0 Å². The minimum Gasteiger partial charge on any atom is -0.496 e. The van der Waals surface area contributed by atoms with Gasteiger partial charge in [-0.1, -0.05) is 6.92 Å². The second-order valence-electron chi connectivity index (χ2n) is 5.01. The lowest BCUT2D eigenvalue weighted by Gasteiger charge is -2.30. The fraction of sp³-hybridized carbons (Fsp3) is 0.500. The predicted molar refractivity (Wildman–Crippen MR) is 84.4 cm³/mol. The normalized spacial score (nSPS) is 12.9. The van der Waals surface area contributed by atoms with E-state index in [9.17, 15) is 14.7 Å².